The Labute approximate surface area is 180 Å². The van der Waals surface area contributed by atoms with Gasteiger partial charge in [-0.15, -0.1) is 11.8 Å². The number of aromatic nitrogens is 4. The second kappa shape index (κ2) is 8.88. The molecule has 2 aromatic rings. The van der Waals surface area contributed by atoms with E-state index in [1.807, 2.05) is 0 Å². The zero-order valence-corrected chi connectivity index (χ0v) is 18.8. The number of nitrogen functional groups attached to an aromatic ring is 1. The molecule has 22 heteroatoms. The minimum absolute atomic E-state index is 0.0368. The quantitative estimate of drug-likeness (QED) is 0.175. The summed E-state index contributed by atoms with van der Waals surface area (Å²) in [5, 5.41) is 18.4. The van der Waals surface area contributed by atoms with Crippen LogP contribution in [-0.2, 0) is 26.8 Å². The predicted octanol–water partition coefficient (Wildman–Crippen LogP) is -1.62. The number of hydrogen-bond donors (Lipinski definition) is 8. The van der Waals surface area contributed by atoms with Crippen LogP contribution in [0, 0.1) is 0 Å². The number of rotatable bonds is 8. The lowest BCUT2D eigenvalue weighted by Crippen LogP contribution is -2.33. The smallest absolute Gasteiger partial charge is 0.389 e. The third-order valence-electron chi connectivity index (χ3n) is 3.89. The second-order valence-electron chi connectivity index (χ2n) is 6.21. The Kier molecular flexibility index (Phi) is 7.07. The number of fused-ring (bicyclic) bond motifs is 1. The van der Waals surface area contributed by atoms with Gasteiger partial charge in [0, 0.05) is 0 Å². The molecule has 180 valence electrons. The number of H-pyrrole nitrogens is 1. The standard InChI is InChI=1S/C10H16N5O13P3S/c11-10-13-7-4(8(18)14-10)15(2-12-7)9-6(17)5(16)3(32-9)1-26-30(22,23)28-31(24,25)27-29(19,20)21/h2-3,5-6,9,16-17H,1H2,(H,22,23)(H,24,25)(H2,19,20,21)(H3,11,13,14,18). The lowest BCUT2D eigenvalue weighted by atomic mass is 10.1. The fraction of sp³-hybridized carbons (Fsp3) is 0.500. The Bertz CT molecular complexity index is 1210. The molecule has 2 aromatic heterocycles. The van der Waals surface area contributed by atoms with E-state index in [1.54, 1.807) is 0 Å². The van der Waals surface area contributed by atoms with Gasteiger partial charge in [-0.2, -0.15) is 13.6 Å². The van der Waals surface area contributed by atoms with E-state index in [0.717, 1.165) is 18.1 Å². The van der Waals surface area contributed by atoms with Gasteiger partial charge in [0.15, 0.2) is 11.2 Å². The molecule has 1 saturated heterocycles. The molecule has 3 rings (SSSR count). The summed E-state index contributed by atoms with van der Waals surface area (Å²) < 4.78 is 46.7. The molecule has 6 atom stereocenters. The fourth-order valence-corrected chi connectivity index (χ4v) is 7.31. The summed E-state index contributed by atoms with van der Waals surface area (Å²) >= 11 is 0.792. The number of nitrogens with zero attached hydrogens (tertiary/aromatic N) is 3. The minimum atomic E-state index is -5.70. The summed E-state index contributed by atoms with van der Waals surface area (Å²) in [4.78, 5) is 57.8. The average molecular weight is 539 g/mol. The number of nitrogens with one attached hydrogen (secondary N) is 1. The summed E-state index contributed by atoms with van der Waals surface area (Å²) in [6.45, 7) is -0.836. The van der Waals surface area contributed by atoms with Crippen molar-refractivity contribution in [2.75, 3.05) is 12.3 Å². The third-order valence-corrected chi connectivity index (χ3v) is 9.24. The van der Waals surface area contributed by atoms with E-state index in [0.29, 0.717) is 0 Å². The van der Waals surface area contributed by atoms with Crippen LogP contribution < -0.4 is 11.3 Å². The third kappa shape index (κ3) is 5.84. The number of imidazole rings is 1. The Morgan fingerprint density at radius 3 is 2.41 bits per heavy atom. The van der Waals surface area contributed by atoms with Crippen LogP contribution in [0.4, 0.5) is 5.95 Å². The van der Waals surface area contributed by atoms with Gasteiger partial charge in [-0.3, -0.25) is 14.3 Å². The highest BCUT2D eigenvalue weighted by atomic mass is 32.2. The largest absolute Gasteiger partial charge is 0.490 e. The Hall–Kier alpha value is -1.17. The number of aromatic amines is 1. The van der Waals surface area contributed by atoms with Gasteiger partial charge in [-0.25, -0.2) is 18.7 Å². The topological polar surface area (TPSA) is 290 Å². The summed E-state index contributed by atoms with van der Waals surface area (Å²) in [7, 11) is -16.7. The molecule has 18 nitrogen and oxygen atoms in total. The van der Waals surface area contributed by atoms with E-state index in [9.17, 15) is 33.6 Å². The van der Waals surface area contributed by atoms with Crippen LogP contribution in [0.5, 0.6) is 0 Å². The van der Waals surface area contributed by atoms with Gasteiger partial charge in [0.05, 0.1) is 24.3 Å². The Balaban J connectivity index is 1.72. The van der Waals surface area contributed by atoms with Gasteiger partial charge in [0.1, 0.15) is 11.5 Å². The molecule has 0 aromatic carbocycles. The number of thioether (sulfide) groups is 1. The minimum Gasteiger partial charge on any atom is -0.389 e. The molecule has 0 bridgehead atoms. The van der Waals surface area contributed by atoms with Gasteiger partial charge in [-0.1, -0.05) is 0 Å². The summed E-state index contributed by atoms with van der Waals surface area (Å²) in [6.07, 6.45) is -1.94. The highest BCUT2D eigenvalue weighted by molar-refractivity contribution is 8.00. The van der Waals surface area contributed by atoms with Crippen molar-refractivity contribution in [3.05, 3.63) is 16.7 Å². The van der Waals surface area contributed by atoms with E-state index in [4.69, 9.17) is 20.4 Å². The average Bonchev–Trinajstić information content (AvgIpc) is 3.12. The zero-order chi connectivity index (χ0) is 24.1. The molecule has 0 saturated carbocycles. The van der Waals surface area contributed by atoms with Crippen LogP contribution in [0.3, 0.4) is 0 Å². The molecular formula is C10H16N5O13P3S. The van der Waals surface area contributed by atoms with E-state index in [1.165, 1.54) is 4.57 Å². The van der Waals surface area contributed by atoms with Crippen molar-refractivity contribution in [2.45, 2.75) is 22.8 Å². The molecule has 0 radical (unpaired) electrons. The second-order valence-corrected chi connectivity index (χ2v) is 12.0. The molecule has 1 aliphatic rings. The van der Waals surface area contributed by atoms with Crippen molar-refractivity contribution in [2.24, 2.45) is 0 Å². The monoisotopic (exact) mass is 539 g/mol. The summed E-state index contributed by atoms with van der Waals surface area (Å²) in [5.74, 6) is -0.193. The molecule has 0 aliphatic carbocycles. The van der Waals surface area contributed by atoms with Crippen LogP contribution in [0.1, 0.15) is 5.37 Å². The number of aliphatic hydroxyl groups is 2. The Morgan fingerprint density at radius 1 is 1.12 bits per heavy atom. The molecule has 6 unspecified atom stereocenters. The van der Waals surface area contributed by atoms with E-state index in [2.05, 4.69) is 28.1 Å². The van der Waals surface area contributed by atoms with Gasteiger partial charge >= 0.3 is 23.5 Å². The highest BCUT2D eigenvalue weighted by Gasteiger charge is 2.46. The molecule has 3 heterocycles. The first-order valence-electron chi connectivity index (χ1n) is 8.11. The zero-order valence-electron chi connectivity index (χ0n) is 15.3. The first-order valence-corrected chi connectivity index (χ1v) is 13.6. The first-order chi connectivity index (χ1) is 14.6. The molecule has 0 amide bonds. The van der Waals surface area contributed by atoms with Crippen LogP contribution in [0.2, 0.25) is 0 Å². The molecule has 1 fully saturated rings. The van der Waals surface area contributed by atoms with Gasteiger partial charge in [0.25, 0.3) is 5.56 Å². The van der Waals surface area contributed by atoms with E-state index in [-0.39, 0.29) is 17.1 Å². The van der Waals surface area contributed by atoms with Crippen LogP contribution in [0.15, 0.2) is 11.1 Å². The number of phosphoric ester groups is 1. The molecule has 9 N–H and O–H groups in total. The normalized spacial score (nSPS) is 27.9. The fourth-order valence-electron chi connectivity index (χ4n) is 2.73. The van der Waals surface area contributed by atoms with Gasteiger partial charge in [0.2, 0.25) is 5.95 Å². The molecular weight excluding hydrogens is 523 g/mol. The highest BCUT2D eigenvalue weighted by Crippen LogP contribution is 2.66. The molecule has 0 spiro atoms. The van der Waals surface area contributed by atoms with Crippen molar-refractivity contribution >= 4 is 52.3 Å². The van der Waals surface area contributed by atoms with Crippen molar-refractivity contribution < 1.29 is 56.6 Å². The number of phosphoric acid groups is 3. The van der Waals surface area contributed by atoms with Gasteiger partial charge < -0.3 is 40.1 Å². The van der Waals surface area contributed by atoms with Crippen LogP contribution >= 0.6 is 35.2 Å². The molecule has 32 heavy (non-hydrogen) atoms. The number of nitrogens with two attached hydrogens (primary N) is 1. The van der Waals surface area contributed by atoms with Crippen LogP contribution in [0.25, 0.3) is 11.2 Å². The lowest BCUT2D eigenvalue weighted by Gasteiger charge is -2.19. The lowest BCUT2D eigenvalue weighted by molar-refractivity contribution is 0.0111. The molecule has 1 aliphatic heterocycles. The van der Waals surface area contributed by atoms with Crippen molar-refractivity contribution in [3.8, 4) is 0 Å². The Morgan fingerprint density at radius 2 is 1.78 bits per heavy atom. The van der Waals surface area contributed by atoms with Crippen molar-refractivity contribution in [3.63, 3.8) is 0 Å². The number of aliphatic hydroxyl groups excluding tert-OH is 2. The van der Waals surface area contributed by atoms with Crippen LogP contribution in [-0.4, -0.2) is 73.4 Å². The SMILES string of the molecule is Nc1nc2ncn(C3SC(COP(=O)(O)OP(=O)(O)OP(=O)(O)O)C(O)C3O)c2c(=O)[nH]1. The maximum absolute atomic E-state index is 12.2. The number of hydrogen-bond acceptors (Lipinski definition) is 13. The van der Waals surface area contributed by atoms with Crippen molar-refractivity contribution in [1.29, 1.82) is 0 Å². The van der Waals surface area contributed by atoms with Crippen molar-refractivity contribution in [1.82, 2.24) is 19.5 Å². The maximum atomic E-state index is 12.2. The van der Waals surface area contributed by atoms with Gasteiger partial charge in [-0.05, 0) is 0 Å². The van der Waals surface area contributed by atoms with E-state index >= 15 is 0 Å². The summed E-state index contributed by atoms with van der Waals surface area (Å²) in [5.41, 5.74) is 4.65. The predicted molar refractivity (Wildman–Crippen MR) is 105 cm³/mol. The summed E-state index contributed by atoms with van der Waals surface area (Å²) in [6, 6.07) is 0. The van der Waals surface area contributed by atoms with E-state index < -0.39 is 58.5 Å². The number of anilines is 1. The first kappa shape index (κ1) is 25.5. The maximum Gasteiger partial charge on any atom is 0.490 e.